The van der Waals surface area contributed by atoms with Crippen molar-refractivity contribution in [3.05, 3.63) is 34.9 Å². The fourth-order valence-corrected chi connectivity index (χ4v) is 2.61. The van der Waals surface area contributed by atoms with Gasteiger partial charge in [0.15, 0.2) is 0 Å². The van der Waals surface area contributed by atoms with Crippen LogP contribution in [0.2, 0.25) is 0 Å². The third kappa shape index (κ3) is 3.59. The second-order valence-electron chi connectivity index (χ2n) is 5.32. The maximum Gasteiger partial charge on any atom is 0.242 e. The molecule has 1 atom stereocenters. The molecule has 0 radical (unpaired) electrons. The van der Waals surface area contributed by atoms with E-state index in [0.29, 0.717) is 13.0 Å². The van der Waals surface area contributed by atoms with E-state index in [0.717, 1.165) is 18.4 Å². The second kappa shape index (κ2) is 6.55. The zero-order chi connectivity index (χ0) is 14.5. The number of nitrogens with one attached hydrogen (secondary N) is 2. The molecule has 20 heavy (non-hydrogen) atoms. The van der Waals surface area contributed by atoms with Crippen molar-refractivity contribution >= 4 is 11.8 Å². The number of carbonyl (C=O) groups is 2. The Morgan fingerprint density at radius 2 is 2.00 bits per heavy atom. The molecule has 0 aromatic heterocycles. The smallest absolute Gasteiger partial charge is 0.242 e. The first-order valence-electron chi connectivity index (χ1n) is 7.28. The van der Waals surface area contributed by atoms with E-state index < -0.39 is 6.04 Å². The highest BCUT2D eigenvalue weighted by atomic mass is 16.2. The Labute approximate surface area is 119 Å². The van der Waals surface area contributed by atoms with Crippen molar-refractivity contribution < 1.29 is 9.59 Å². The molecule has 1 aromatic carbocycles. The maximum absolute atomic E-state index is 11.9. The molecular weight excluding hydrogens is 252 g/mol. The van der Waals surface area contributed by atoms with Gasteiger partial charge in [-0.25, -0.2) is 0 Å². The molecule has 1 aliphatic carbocycles. The molecular formula is C16H22N2O2. The Hall–Kier alpha value is -1.84. The van der Waals surface area contributed by atoms with E-state index in [9.17, 15) is 9.59 Å². The third-order valence-corrected chi connectivity index (χ3v) is 3.65. The number of aryl methyl sites for hydroxylation is 2. The van der Waals surface area contributed by atoms with Crippen LogP contribution in [0.1, 0.15) is 37.0 Å². The lowest BCUT2D eigenvalue weighted by molar-refractivity contribution is -0.128. The van der Waals surface area contributed by atoms with Crippen molar-refractivity contribution in [2.24, 2.45) is 0 Å². The molecule has 0 saturated carbocycles. The Bertz CT molecular complexity index is 511. The van der Waals surface area contributed by atoms with Crippen LogP contribution in [0.25, 0.3) is 0 Å². The predicted molar refractivity (Wildman–Crippen MR) is 78.5 cm³/mol. The number of carbonyl (C=O) groups excluding carboxylic acids is 2. The molecule has 108 valence electrons. The molecule has 0 fully saturated rings. The molecule has 4 heteroatoms. The molecule has 0 heterocycles. The van der Waals surface area contributed by atoms with E-state index in [2.05, 4.69) is 22.8 Å². The topological polar surface area (TPSA) is 58.2 Å². The van der Waals surface area contributed by atoms with Gasteiger partial charge in [0.1, 0.15) is 6.04 Å². The number of likely N-dealkylation sites (N-methyl/N-ethyl adjacent to an activating group) is 1. The van der Waals surface area contributed by atoms with Crippen LogP contribution >= 0.6 is 0 Å². The van der Waals surface area contributed by atoms with Crippen LogP contribution in [0.5, 0.6) is 0 Å². The number of rotatable bonds is 5. The van der Waals surface area contributed by atoms with E-state index >= 15 is 0 Å². The van der Waals surface area contributed by atoms with Gasteiger partial charge >= 0.3 is 0 Å². The summed E-state index contributed by atoms with van der Waals surface area (Å²) in [6.45, 7) is 4.13. The standard InChI is InChI=1S/C16H22N2O2/c1-3-17-16(20)11(2)18-15(19)10-12-7-8-13-5-4-6-14(13)9-12/h7-9,11H,3-6,10H2,1-2H3,(H,17,20)(H,18,19)/t11-/m1/s1. The molecule has 4 nitrogen and oxygen atoms in total. The monoisotopic (exact) mass is 274 g/mol. The second-order valence-corrected chi connectivity index (χ2v) is 5.32. The summed E-state index contributed by atoms with van der Waals surface area (Å²) in [5, 5.41) is 5.42. The van der Waals surface area contributed by atoms with Gasteiger partial charge in [-0.3, -0.25) is 9.59 Å². The zero-order valence-corrected chi connectivity index (χ0v) is 12.2. The summed E-state index contributed by atoms with van der Waals surface area (Å²) in [7, 11) is 0. The normalized spacial score (nSPS) is 14.5. The molecule has 0 unspecified atom stereocenters. The molecule has 2 rings (SSSR count). The summed E-state index contributed by atoms with van der Waals surface area (Å²) >= 11 is 0. The number of benzene rings is 1. The van der Waals surface area contributed by atoms with Gasteiger partial charge in [0.05, 0.1) is 6.42 Å². The average molecular weight is 274 g/mol. The Morgan fingerprint density at radius 3 is 2.75 bits per heavy atom. The number of hydrogen-bond donors (Lipinski definition) is 2. The molecule has 1 aliphatic rings. The van der Waals surface area contributed by atoms with E-state index in [4.69, 9.17) is 0 Å². The van der Waals surface area contributed by atoms with Gasteiger partial charge in [0.25, 0.3) is 0 Å². The van der Waals surface area contributed by atoms with E-state index in [1.807, 2.05) is 13.0 Å². The third-order valence-electron chi connectivity index (χ3n) is 3.65. The lowest BCUT2D eigenvalue weighted by atomic mass is 10.0. The maximum atomic E-state index is 11.9. The van der Waals surface area contributed by atoms with Crippen LogP contribution < -0.4 is 10.6 Å². The van der Waals surface area contributed by atoms with Crippen LogP contribution in [0.4, 0.5) is 0 Å². The highest BCUT2D eigenvalue weighted by molar-refractivity contribution is 5.88. The van der Waals surface area contributed by atoms with Gasteiger partial charge in [-0.05, 0) is 49.8 Å². The fourth-order valence-electron chi connectivity index (χ4n) is 2.61. The van der Waals surface area contributed by atoms with Gasteiger partial charge in [0, 0.05) is 6.54 Å². The highest BCUT2D eigenvalue weighted by Crippen LogP contribution is 2.22. The van der Waals surface area contributed by atoms with Crippen molar-refractivity contribution in [3.8, 4) is 0 Å². The quantitative estimate of drug-likeness (QED) is 0.851. The van der Waals surface area contributed by atoms with Crippen LogP contribution in [0, 0.1) is 0 Å². The van der Waals surface area contributed by atoms with Gasteiger partial charge in [-0.15, -0.1) is 0 Å². The van der Waals surface area contributed by atoms with Gasteiger partial charge in [-0.1, -0.05) is 18.2 Å². The number of fused-ring (bicyclic) bond motifs is 1. The molecule has 1 aromatic rings. The molecule has 0 spiro atoms. The Morgan fingerprint density at radius 1 is 1.25 bits per heavy atom. The lowest BCUT2D eigenvalue weighted by Crippen LogP contribution is -2.45. The number of amides is 2. The largest absolute Gasteiger partial charge is 0.355 e. The summed E-state index contributed by atoms with van der Waals surface area (Å²) in [6.07, 6.45) is 3.80. The average Bonchev–Trinajstić information content (AvgIpc) is 2.86. The van der Waals surface area contributed by atoms with E-state index in [1.165, 1.54) is 17.5 Å². The first kappa shape index (κ1) is 14.6. The van der Waals surface area contributed by atoms with Crippen LogP contribution in [0.3, 0.4) is 0 Å². The van der Waals surface area contributed by atoms with E-state index in [1.54, 1.807) is 6.92 Å². The fraction of sp³-hybridized carbons (Fsp3) is 0.500. The first-order valence-corrected chi connectivity index (χ1v) is 7.28. The molecule has 0 aliphatic heterocycles. The van der Waals surface area contributed by atoms with Gasteiger partial charge in [0.2, 0.25) is 11.8 Å². The molecule has 0 bridgehead atoms. The minimum atomic E-state index is -0.489. The minimum Gasteiger partial charge on any atom is -0.355 e. The zero-order valence-electron chi connectivity index (χ0n) is 12.2. The lowest BCUT2D eigenvalue weighted by Gasteiger charge is -2.13. The van der Waals surface area contributed by atoms with Crippen LogP contribution in [-0.4, -0.2) is 24.4 Å². The molecule has 2 amide bonds. The number of hydrogen-bond acceptors (Lipinski definition) is 2. The van der Waals surface area contributed by atoms with Gasteiger partial charge < -0.3 is 10.6 Å². The van der Waals surface area contributed by atoms with Crippen molar-refractivity contribution in [1.29, 1.82) is 0 Å². The molecule has 0 saturated heterocycles. The summed E-state index contributed by atoms with van der Waals surface area (Å²) < 4.78 is 0. The predicted octanol–water partition coefficient (Wildman–Crippen LogP) is 1.36. The Balaban J connectivity index is 1.90. The van der Waals surface area contributed by atoms with Crippen molar-refractivity contribution in [2.45, 2.75) is 45.6 Å². The minimum absolute atomic E-state index is 0.110. The van der Waals surface area contributed by atoms with Crippen molar-refractivity contribution in [1.82, 2.24) is 10.6 Å². The van der Waals surface area contributed by atoms with Crippen molar-refractivity contribution in [2.75, 3.05) is 6.54 Å². The molecule has 2 N–H and O–H groups in total. The van der Waals surface area contributed by atoms with Crippen LogP contribution in [-0.2, 0) is 28.9 Å². The summed E-state index contributed by atoms with van der Waals surface area (Å²) in [5.74, 6) is -0.253. The van der Waals surface area contributed by atoms with Crippen LogP contribution in [0.15, 0.2) is 18.2 Å². The van der Waals surface area contributed by atoms with Crippen molar-refractivity contribution in [3.63, 3.8) is 0 Å². The Kier molecular flexibility index (Phi) is 4.77. The van der Waals surface area contributed by atoms with Gasteiger partial charge in [-0.2, -0.15) is 0 Å². The first-order chi connectivity index (χ1) is 9.60. The summed E-state index contributed by atoms with van der Waals surface area (Å²) in [5.41, 5.74) is 3.79. The summed E-state index contributed by atoms with van der Waals surface area (Å²) in [4.78, 5) is 23.5. The summed E-state index contributed by atoms with van der Waals surface area (Å²) in [6, 6.07) is 5.77. The van der Waals surface area contributed by atoms with E-state index in [-0.39, 0.29) is 11.8 Å². The SMILES string of the molecule is CCNC(=O)[C@@H](C)NC(=O)Cc1ccc2c(c1)CCC2. The highest BCUT2D eigenvalue weighted by Gasteiger charge is 2.16.